The third kappa shape index (κ3) is 4.26. The molecule has 5 heteroatoms. The van der Waals surface area contributed by atoms with Crippen LogP contribution in [0.5, 0.6) is 0 Å². The van der Waals surface area contributed by atoms with E-state index in [1.165, 1.54) is 29.2 Å². The van der Waals surface area contributed by atoms with E-state index in [0.717, 1.165) is 22.4 Å². The summed E-state index contributed by atoms with van der Waals surface area (Å²) in [5.41, 5.74) is 4.96. The van der Waals surface area contributed by atoms with Gasteiger partial charge in [-0.05, 0) is 66.8 Å². The molecule has 0 spiro atoms. The van der Waals surface area contributed by atoms with Crippen LogP contribution in [-0.4, -0.2) is 23.3 Å². The van der Waals surface area contributed by atoms with Crippen LogP contribution in [-0.2, 0) is 16.0 Å². The van der Waals surface area contributed by atoms with Gasteiger partial charge < -0.3 is 5.32 Å². The summed E-state index contributed by atoms with van der Waals surface area (Å²) in [4.78, 5) is 27.8. The van der Waals surface area contributed by atoms with Crippen molar-refractivity contribution in [2.45, 2.75) is 20.3 Å². The molecule has 2 amide bonds. The van der Waals surface area contributed by atoms with Crippen LogP contribution in [0.2, 0.25) is 0 Å². The van der Waals surface area contributed by atoms with E-state index >= 15 is 0 Å². The minimum atomic E-state index is -0.397. The van der Waals surface area contributed by atoms with Crippen molar-refractivity contribution in [1.82, 2.24) is 4.90 Å². The van der Waals surface area contributed by atoms with Crippen LogP contribution in [0.4, 0.5) is 10.1 Å². The molecule has 0 unspecified atom stereocenters. The Bertz CT molecular complexity index is 1170. The first-order chi connectivity index (χ1) is 14.9. The quantitative estimate of drug-likeness (QED) is 0.585. The summed E-state index contributed by atoms with van der Waals surface area (Å²) in [5, 5.41) is 3.15. The molecule has 0 saturated heterocycles. The van der Waals surface area contributed by atoms with Crippen molar-refractivity contribution in [2.75, 3.05) is 11.9 Å². The monoisotopic (exact) mass is 414 g/mol. The van der Waals surface area contributed by atoms with E-state index in [1.807, 2.05) is 62.4 Å². The van der Waals surface area contributed by atoms with Crippen molar-refractivity contribution in [2.24, 2.45) is 0 Å². The Kier molecular flexibility index (Phi) is 5.67. The minimum absolute atomic E-state index is 0.216. The topological polar surface area (TPSA) is 49.4 Å². The summed E-state index contributed by atoms with van der Waals surface area (Å²) in [6, 6.07) is 21.1. The van der Waals surface area contributed by atoms with Gasteiger partial charge in [-0.15, -0.1) is 0 Å². The second-order valence-corrected chi connectivity index (χ2v) is 7.68. The second kappa shape index (κ2) is 8.56. The van der Waals surface area contributed by atoms with Crippen molar-refractivity contribution in [3.8, 4) is 0 Å². The maximum Gasteiger partial charge on any atom is 0.278 e. The van der Waals surface area contributed by atoms with E-state index in [1.54, 1.807) is 0 Å². The van der Waals surface area contributed by atoms with Crippen LogP contribution in [0.15, 0.2) is 78.5 Å². The molecule has 4 rings (SSSR count). The van der Waals surface area contributed by atoms with E-state index in [9.17, 15) is 14.0 Å². The number of nitrogens with one attached hydrogen (secondary N) is 1. The molecule has 1 heterocycles. The molecule has 1 N–H and O–H groups in total. The predicted molar refractivity (Wildman–Crippen MR) is 120 cm³/mol. The molecular weight excluding hydrogens is 391 g/mol. The molecular formula is C26H23FN2O2. The fourth-order valence-electron chi connectivity index (χ4n) is 3.63. The summed E-state index contributed by atoms with van der Waals surface area (Å²) in [5.74, 6) is -1.15. The number of carbonyl (C=O) groups is 2. The maximum atomic E-state index is 13.5. The number of imide groups is 1. The van der Waals surface area contributed by atoms with Crippen molar-refractivity contribution in [1.29, 1.82) is 0 Å². The predicted octanol–water partition coefficient (Wildman–Crippen LogP) is 4.88. The van der Waals surface area contributed by atoms with Gasteiger partial charge in [-0.3, -0.25) is 14.5 Å². The molecule has 0 atom stereocenters. The van der Waals surface area contributed by atoms with Crippen molar-refractivity contribution in [3.05, 3.63) is 107 Å². The SMILES string of the molecule is Cc1ccc(NC2=C(c3ccc(F)cc3)C(=O)N(CCc3ccccc3)C2=O)cc1C. The van der Waals surface area contributed by atoms with E-state index in [4.69, 9.17) is 0 Å². The standard InChI is InChI=1S/C26H23FN2O2/c1-17-8-13-22(16-18(17)2)28-24-23(20-9-11-21(27)12-10-20)25(30)29(26(24)31)15-14-19-6-4-3-5-7-19/h3-13,16,28H,14-15H2,1-2H3. The molecule has 3 aromatic rings. The number of hydrogen-bond acceptors (Lipinski definition) is 3. The lowest BCUT2D eigenvalue weighted by molar-refractivity contribution is -0.136. The van der Waals surface area contributed by atoms with Crippen LogP contribution < -0.4 is 5.32 Å². The van der Waals surface area contributed by atoms with E-state index < -0.39 is 5.82 Å². The highest BCUT2D eigenvalue weighted by Gasteiger charge is 2.38. The summed E-state index contributed by atoms with van der Waals surface area (Å²) in [6.45, 7) is 4.27. The number of aryl methyl sites for hydroxylation is 2. The number of amides is 2. The first-order valence-electron chi connectivity index (χ1n) is 10.2. The average Bonchev–Trinajstić information content (AvgIpc) is 3.00. The number of halogens is 1. The highest BCUT2D eigenvalue weighted by molar-refractivity contribution is 6.36. The Morgan fingerprint density at radius 2 is 1.55 bits per heavy atom. The number of carbonyl (C=O) groups excluding carboxylic acids is 2. The van der Waals surface area contributed by atoms with E-state index in [-0.39, 0.29) is 29.6 Å². The number of rotatable bonds is 6. The normalized spacial score (nSPS) is 13.8. The Hall–Kier alpha value is -3.73. The zero-order chi connectivity index (χ0) is 22.0. The zero-order valence-corrected chi connectivity index (χ0v) is 17.5. The van der Waals surface area contributed by atoms with Gasteiger partial charge in [0.25, 0.3) is 11.8 Å². The summed E-state index contributed by atoms with van der Waals surface area (Å²) >= 11 is 0. The third-order valence-corrected chi connectivity index (χ3v) is 5.54. The van der Waals surface area contributed by atoms with Crippen LogP contribution >= 0.6 is 0 Å². The number of benzene rings is 3. The fraction of sp³-hybridized carbons (Fsp3) is 0.154. The number of anilines is 1. The Balaban J connectivity index is 1.68. The van der Waals surface area contributed by atoms with E-state index in [2.05, 4.69) is 5.32 Å². The summed E-state index contributed by atoms with van der Waals surface area (Å²) in [6.07, 6.45) is 0.561. The minimum Gasteiger partial charge on any atom is -0.350 e. The van der Waals surface area contributed by atoms with Crippen molar-refractivity contribution >= 4 is 23.1 Å². The van der Waals surface area contributed by atoms with Crippen molar-refractivity contribution < 1.29 is 14.0 Å². The van der Waals surface area contributed by atoms with Crippen LogP contribution in [0, 0.1) is 19.7 Å². The summed E-state index contributed by atoms with van der Waals surface area (Å²) in [7, 11) is 0. The molecule has 0 bridgehead atoms. The molecule has 0 saturated carbocycles. The average molecular weight is 414 g/mol. The molecule has 0 radical (unpaired) electrons. The van der Waals surface area contributed by atoms with E-state index in [0.29, 0.717) is 12.0 Å². The fourth-order valence-corrected chi connectivity index (χ4v) is 3.63. The van der Waals surface area contributed by atoms with Crippen LogP contribution in [0.25, 0.3) is 5.57 Å². The third-order valence-electron chi connectivity index (χ3n) is 5.54. The number of nitrogens with zero attached hydrogens (tertiary/aromatic N) is 1. The van der Waals surface area contributed by atoms with Gasteiger partial charge in [0, 0.05) is 12.2 Å². The lowest BCUT2D eigenvalue weighted by atomic mass is 10.0. The smallest absolute Gasteiger partial charge is 0.278 e. The highest BCUT2D eigenvalue weighted by atomic mass is 19.1. The molecule has 0 aliphatic carbocycles. The van der Waals surface area contributed by atoms with Gasteiger partial charge in [0.15, 0.2) is 0 Å². The lowest BCUT2D eigenvalue weighted by Crippen LogP contribution is -2.34. The Morgan fingerprint density at radius 3 is 2.23 bits per heavy atom. The van der Waals surface area contributed by atoms with Crippen LogP contribution in [0.1, 0.15) is 22.3 Å². The van der Waals surface area contributed by atoms with Gasteiger partial charge in [-0.25, -0.2) is 4.39 Å². The second-order valence-electron chi connectivity index (χ2n) is 7.68. The first kappa shape index (κ1) is 20.5. The molecule has 0 fully saturated rings. The molecule has 1 aliphatic heterocycles. The molecule has 0 aromatic heterocycles. The molecule has 3 aromatic carbocycles. The van der Waals surface area contributed by atoms with Gasteiger partial charge in [-0.2, -0.15) is 0 Å². The van der Waals surface area contributed by atoms with Gasteiger partial charge in [0.2, 0.25) is 0 Å². The number of hydrogen-bond donors (Lipinski definition) is 1. The highest BCUT2D eigenvalue weighted by Crippen LogP contribution is 2.31. The summed E-state index contributed by atoms with van der Waals surface area (Å²) < 4.78 is 13.5. The Labute approximate surface area is 181 Å². The largest absolute Gasteiger partial charge is 0.350 e. The van der Waals surface area contributed by atoms with Crippen LogP contribution in [0.3, 0.4) is 0 Å². The molecule has 1 aliphatic rings. The van der Waals surface area contributed by atoms with Gasteiger partial charge in [0.05, 0.1) is 5.57 Å². The molecule has 31 heavy (non-hydrogen) atoms. The molecule has 156 valence electrons. The molecule has 4 nitrogen and oxygen atoms in total. The van der Waals surface area contributed by atoms with Gasteiger partial charge in [0.1, 0.15) is 11.5 Å². The Morgan fingerprint density at radius 1 is 0.839 bits per heavy atom. The first-order valence-corrected chi connectivity index (χ1v) is 10.2. The van der Waals surface area contributed by atoms with Gasteiger partial charge in [-0.1, -0.05) is 48.5 Å². The van der Waals surface area contributed by atoms with Gasteiger partial charge >= 0.3 is 0 Å². The zero-order valence-electron chi connectivity index (χ0n) is 17.5. The maximum absolute atomic E-state index is 13.5. The van der Waals surface area contributed by atoms with Crippen molar-refractivity contribution in [3.63, 3.8) is 0 Å². The lowest BCUT2D eigenvalue weighted by Gasteiger charge is -2.15.